The van der Waals surface area contributed by atoms with Gasteiger partial charge in [0.1, 0.15) is 23.1 Å². The van der Waals surface area contributed by atoms with E-state index in [4.69, 9.17) is 9.41 Å². The number of carbonyl (C=O) groups is 4. The van der Waals surface area contributed by atoms with Gasteiger partial charge in [0, 0.05) is 50.0 Å². The molecular formula is C33H41N7O5. The van der Waals surface area contributed by atoms with Crippen molar-refractivity contribution < 1.29 is 23.6 Å². The summed E-state index contributed by atoms with van der Waals surface area (Å²) in [5.41, 5.74) is 1.84. The lowest BCUT2D eigenvalue weighted by Gasteiger charge is -2.25. The first-order valence-electron chi connectivity index (χ1n) is 15.7. The predicted octanol–water partition coefficient (Wildman–Crippen LogP) is 3.82. The van der Waals surface area contributed by atoms with Gasteiger partial charge in [-0.15, -0.1) is 0 Å². The summed E-state index contributed by atoms with van der Waals surface area (Å²) in [5, 5.41) is 6.86. The molecule has 2 fully saturated rings. The zero-order chi connectivity index (χ0) is 31.9. The van der Waals surface area contributed by atoms with Crippen LogP contribution in [0.2, 0.25) is 0 Å². The Kier molecular flexibility index (Phi) is 10.1. The molecule has 45 heavy (non-hydrogen) atoms. The molecule has 1 aromatic carbocycles. The number of guanidine groups is 1. The molecule has 2 N–H and O–H groups in total. The second-order valence-electron chi connectivity index (χ2n) is 11.4. The maximum atomic E-state index is 13.7. The number of fused-ring (bicyclic) bond motifs is 1. The highest BCUT2D eigenvalue weighted by Crippen LogP contribution is 2.23. The van der Waals surface area contributed by atoms with Crippen LogP contribution >= 0.6 is 0 Å². The van der Waals surface area contributed by atoms with Crippen molar-refractivity contribution in [2.24, 2.45) is 4.99 Å². The topological polar surface area (TPSA) is 140 Å². The Morgan fingerprint density at radius 1 is 1.02 bits per heavy atom. The minimum Gasteiger partial charge on any atom is -0.461 e. The highest BCUT2D eigenvalue weighted by Gasteiger charge is 2.30. The molecule has 12 heteroatoms. The van der Waals surface area contributed by atoms with Crippen molar-refractivity contribution in [2.45, 2.75) is 58.9 Å². The van der Waals surface area contributed by atoms with E-state index in [0.717, 1.165) is 55.5 Å². The second kappa shape index (κ2) is 14.4. The van der Waals surface area contributed by atoms with Crippen LogP contribution < -0.4 is 10.6 Å². The summed E-state index contributed by atoms with van der Waals surface area (Å²) >= 11 is 0. The van der Waals surface area contributed by atoms with Crippen LogP contribution in [0, 0.1) is 6.92 Å². The third kappa shape index (κ3) is 7.68. The first kappa shape index (κ1) is 31.7. The van der Waals surface area contributed by atoms with E-state index in [1.165, 1.54) is 12.3 Å². The Balaban J connectivity index is 1.38. The van der Waals surface area contributed by atoms with Crippen molar-refractivity contribution >= 4 is 46.2 Å². The molecule has 12 nitrogen and oxygen atoms in total. The van der Waals surface area contributed by atoms with E-state index in [1.807, 2.05) is 43.9 Å². The first-order chi connectivity index (χ1) is 21.7. The number of anilines is 1. The van der Waals surface area contributed by atoms with Gasteiger partial charge in [0.15, 0.2) is 0 Å². The molecule has 2 aliphatic heterocycles. The summed E-state index contributed by atoms with van der Waals surface area (Å²) in [5.74, 6) is -0.133. The van der Waals surface area contributed by atoms with Crippen LogP contribution in [0.25, 0.3) is 11.0 Å². The highest BCUT2D eigenvalue weighted by atomic mass is 16.3. The number of nitrogens with one attached hydrogen (secondary N) is 2. The summed E-state index contributed by atoms with van der Waals surface area (Å²) in [6, 6.07) is 9.69. The number of rotatable bonds is 8. The number of nitrogens with zero attached hydrogens (tertiary/aromatic N) is 5. The summed E-state index contributed by atoms with van der Waals surface area (Å²) in [6.45, 7) is 8.73. The van der Waals surface area contributed by atoms with E-state index in [1.54, 1.807) is 21.9 Å². The Bertz CT molecular complexity index is 1570. The number of hydrogen-bond acceptors (Lipinski definition) is 7. The number of amides is 4. The van der Waals surface area contributed by atoms with Crippen LogP contribution in [0.15, 0.2) is 52.0 Å². The maximum Gasteiger partial charge on any atom is 0.272 e. The van der Waals surface area contributed by atoms with Crippen LogP contribution in [0.4, 0.5) is 5.69 Å². The van der Waals surface area contributed by atoms with E-state index < -0.39 is 11.9 Å². The molecule has 1 atom stereocenters. The Hall–Kier alpha value is -4.74. The average Bonchev–Trinajstić information content (AvgIpc) is 3.68. The summed E-state index contributed by atoms with van der Waals surface area (Å²) in [7, 11) is 0. The lowest BCUT2D eigenvalue weighted by atomic mass is 10.1. The molecule has 2 aliphatic rings. The maximum absolute atomic E-state index is 13.7. The number of carbonyl (C=O) groups excluding carboxylic acids is 4. The molecular weight excluding hydrogens is 574 g/mol. The van der Waals surface area contributed by atoms with E-state index in [-0.39, 0.29) is 41.5 Å². The molecule has 2 aromatic heterocycles. The molecule has 0 unspecified atom stereocenters. The summed E-state index contributed by atoms with van der Waals surface area (Å²) in [6.07, 6.45) is 5.32. The first-order valence-corrected chi connectivity index (χ1v) is 15.7. The van der Waals surface area contributed by atoms with Crippen molar-refractivity contribution in [2.75, 3.05) is 44.6 Å². The normalized spacial score (nSPS) is 17.4. The quantitative estimate of drug-likeness (QED) is 0.290. The molecule has 0 radical (unpaired) electrons. The Morgan fingerprint density at radius 2 is 1.78 bits per heavy atom. The number of furan rings is 1. The fourth-order valence-electron chi connectivity index (χ4n) is 5.74. The van der Waals surface area contributed by atoms with E-state index in [2.05, 4.69) is 15.6 Å². The van der Waals surface area contributed by atoms with Crippen LogP contribution in [0.1, 0.15) is 72.6 Å². The smallest absolute Gasteiger partial charge is 0.272 e. The second-order valence-corrected chi connectivity index (χ2v) is 11.4. The van der Waals surface area contributed by atoms with Crippen LogP contribution in [-0.4, -0.2) is 94.6 Å². The van der Waals surface area contributed by atoms with Gasteiger partial charge in [-0.2, -0.15) is 0 Å². The molecule has 4 amide bonds. The Labute approximate surface area is 262 Å². The lowest BCUT2D eigenvalue weighted by Crippen LogP contribution is -2.45. The van der Waals surface area contributed by atoms with Crippen LogP contribution in [0.5, 0.6) is 0 Å². The number of hydrogen-bond donors (Lipinski definition) is 2. The number of aromatic nitrogens is 1. The molecule has 0 bridgehead atoms. The Morgan fingerprint density at radius 3 is 2.49 bits per heavy atom. The summed E-state index contributed by atoms with van der Waals surface area (Å²) < 4.78 is 5.69. The largest absolute Gasteiger partial charge is 0.461 e. The number of aryl methyl sites for hydroxylation is 1. The van der Waals surface area contributed by atoms with Gasteiger partial charge in [-0.1, -0.05) is 0 Å². The number of likely N-dealkylation sites (tertiary alicyclic amines) is 2. The van der Waals surface area contributed by atoms with Gasteiger partial charge in [-0.05, 0) is 89.3 Å². The fraction of sp³-hybridized carbons (Fsp3) is 0.455. The van der Waals surface area contributed by atoms with E-state index in [0.29, 0.717) is 31.7 Å². The molecule has 0 saturated carbocycles. The van der Waals surface area contributed by atoms with Crippen molar-refractivity contribution in [3.05, 3.63) is 59.6 Å². The molecule has 0 spiro atoms. The highest BCUT2D eigenvalue weighted by molar-refractivity contribution is 6.11. The van der Waals surface area contributed by atoms with Crippen LogP contribution in [-0.2, 0) is 9.59 Å². The van der Waals surface area contributed by atoms with Gasteiger partial charge >= 0.3 is 0 Å². The SMILES string of the molecule is CCN(CC)C(=O)c1ccc(C(=O)NC(=N[C@H]2CCCCN(CC(=O)N3CCCC3)C2=O)Nc2ccc3oc(C)cc3c2)cn1. The number of aliphatic imine (C=N–C) groups is 1. The minimum atomic E-state index is -0.784. The van der Waals surface area contributed by atoms with E-state index >= 15 is 0 Å². The third-order valence-corrected chi connectivity index (χ3v) is 8.25. The average molecular weight is 616 g/mol. The number of pyridine rings is 1. The van der Waals surface area contributed by atoms with Crippen molar-refractivity contribution in [3.63, 3.8) is 0 Å². The van der Waals surface area contributed by atoms with Gasteiger partial charge in [0.2, 0.25) is 17.8 Å². The third-order valence-electron chi connectivity index (χ3n) is 8.25. The molecule has 238 valence electrons. The van der Waals surface area contributed by atoms with Crippen molar-refractivity contribution in [1.82, 2.24) is 25.0 Å². The molecule has 0 aliphatic carbocycles. The molecule has 2 saturated heterocycles. The van der Waals surface area contributed by atoms with Crippen molar-refractivity contribution in [3.8, 4) is 0 Å². The molecule has 3 aromatic rings. The summed E-state index contributed by atoms with van der Waals surface area (Å²) in [4.78, 5) is 66.7. The fourth-order valence-corrected chi connectivity index (χ4v) is 5.74. The lowest BCUT2D eigenvalue weighted by molar-refractivity contribution is -0.140. The van der Waals surface area contributed by atoms with Gasteiger partial charge in [-0.25, -0.2) is 4.99 Å². The zero-order valence-electron chi connectivity index (χ0n) is 26.2. The van der Waals surface area contributed by atoms with Crippen LogP contribution in [0.3, 0.4) is 0 Å². The zero-order valence-corrected chi connectivity index (χ0v) is 26.2. The van der Waals surface area contributed by atoms with Crippen molar-refractivity contribution in [1.29, 1.82) is 0 Å². The van der Waals surface area contributed by atoms with E-state index in [9.17, 15) is 19.2 Å². The number of benzene rings is 1. The predicted molar refractivity (Wildman–Crippen MR) is 171 cm³/mol. The van der Waals surface area contributed by atoms with Gasteiger partial charge in [0.05, 0.1) is 12.1 Å². The monoisotopic (exact) mass is 615 g/mol. The minimum absolute atomic E-state index is 0.0285. The standard InChI is InChI=1S/C33H41N7O5/c1-4-38(5-2)31(43)26-13-11-23(20-34-26)30(42)37-33(35-25-12-14-28-24(19-25)18-22(3)45-28)36-27-10-6-7-17-40(32(27)44)21-29(41)39-15-8-9-16-39/h11-14,18-20,27H,4-10,15-17,21H2,1-3H3,(H2,35,36,37,42)/t27-/m0/s1. The van der Waals surface area contributed by atoms with Gasteiger partial charge in [0.25, 0.3) is 11.8 Å². The van der Waals surface area contributed by atoms with Gasteiger partial charge in [-0.3, -0.25) is 29.5 Å². The van der Waals surface area contributed by atoms with Gasteiger partial charge < -0.3 is 24.4 Å². The molecule has 4 heterocycles. The molecule has 5 rings (SSSR count).